The molecule has 108 valence electrons. The van der Waals surface area contributed by atoms with E-state index in [2.05, 4.69) is 4.98 Å². The number of imidazole rings is 1. The first-order chi connectivity index (χ1) is 9.54. The maximum atomic E-state index is 12.9. The van der Waals surface area contributed by atoms with Crippen LogP contribution in [0.25, 0.3) is 5.52 Å². The molecule has 0 unspecified atom stereocenters. The van der Waals surface area contributed by atoms with Gasteiger partial charge in [-0.15, -0.1) is 0 Å². The van der Waals surface area contributed by atoms with Crippen molar-refractivity contribution in [1.82, 2.24) is 9.38 Å². The van der Waals surface area contributed by atoms with E-state index in [1.165, 1.54) is 12.3 Å². The first-order valence-electron chi connectivity index (χ1n) is 6.17. The van der Waals surface area contributed by atoms with E-state index < -0.39 is 17.5 Å². The molecule has 0 saturated carbocycles. The highest BCUT2D eigenvalue weighted by molar-refractivity contribution is 6.68. The molecule has 0 fully saturated rings. The molecule has 0 spiro atoms. The predicted octanol–water partition coefficient (Wildman–Crippen LogP) is 3.83. The van der Waals surface area contributed by atoms with Crippen LogP contribution in [0, 0.1) is 0 Å². The van der Waals surface area contributed by atoms with Crippen LogP contribution in [0.1, 0.15) is 42.5 Å². The molecule has 0 bridgehead atoms. The van der Waals surface area contributed by atoms with Gasteiger partial charge >= 0.3 is 0 Å². The average molecular weight is 303 g/mol. The number of ether oxygens (including phenoxy) is 1. The van der Waals surface area contributed by atoms with Crippen molar-refractivity contribution in [2.75, 3.05) is 6.61 Å². The number of unbranched alkanes of at least 4 members (excludes halogenated alkanes) is 1. The lowest BCUT2D eigenvalue weighted by molar-refractivity contribution is 0.107. The summed E-state index contributed by atoms with van der Waals surface area (Å²) in [5, 5.41) is -0.867. The summed E-state index contributed by atoms with van der Waals surface area (Å²) in [6, 6.07) is 3.10. The molecule has 0 N–H and O–H groups in total. The van der Waals surface area contributed by atoms with Crippen LogP contribution < -0.4 is 4.74 Å². The lowest BCUT2D eigenvalue weighted by Crippen LogP contribution is -1.99. The van der Waals surface area contributed by atoms with Crippen molar-refractivity contribution in [2.24, 2.45) is 0 Å². The van der Waals surface area contributed by atoms with Gasteiger partial charge in [-0.3, -0.25) is 9.20 Å². The van der Waals surface area contributed by atoms with Crippen molar-refractivity contribution in [2.45, 2.75) is 26.2 Å². The number of carbonyl (C=O) groups excluding carboxylic acids is 1. The molecule has 0 aliphatic carbocycles. The SMILES string of the molecule is CCCCOc1ccc2c(C(=O)Cl)nc(C(F)F)n2c1. The number of alkyl halides is 2. The summed E-state index contributed by atoms with van der Waals surface area (Å²) in [5.74, 6) is -0.0798. The maximum Gasteiger partial charge on any atom is 0.295 e. The van der Waals surface area contributed by atoms with Crippen LogP contribution in [0.3, 0.4) is 0 Å². The summed E-state index contributed by atoms with van der Waals surface area (Å²) in [7, 11) is 0. The molecule has 2 aromatic rings. The smallest absolute Gasteiger partial charge is 0.295 e. The molecule has 2 heterocycles. The maximum absolute atomic E-state index is 12.9. The van der Waals surface area contributed by atoms with Crippen molar-refractivity contribution in [3.63, 3.8) is 0 Å². The molecule has 0 radical (unpaired) electrons. The van der Waals surface area contributed by atoms with Gasteiger partial charge in [0.15, 0.2) is 5.82 Å². The third kappa shape index (κ3) is 2.90. The Balaban J connectivity index is 2.44. The van der Waals surface area contributed by atoms with Crippen molar-refractivity contribution in [3.05, 3.63) is 29.8 Å². The molecule has 0 atom stereocenters. The van der Waals surface area contributed by atoms with Crippen molar-refractivity contribution in [3.8, 4) is 5.75 Å². The highest BCUT2D eigenvalue weighted by atomic mass is 35.5. The fourth-order valence-electron chi connectivity index (χ4n) is 1.81. The number of hydrogen-bond acceptors (Lipinski definition) is 3. The predicted molar refractivity (Wildman–Crippen MR) is 70.7 cm³/mol. The van der Waals surface area contributed by atoms with E-state index >= 15 is 0 Å². The van der Waals surface area contributed by atoms with Crippen LogP contribution in [-0.2, 0) is 0 Å². The van der Waals surface area contributed by atoms with Gasteiger partial charge in [0, 0.05) is 0 Å². The number of halogens is 3. The summed E-state index contributed by atoms with van der Waals surface area (Å²) in [6.45, 7) is 2.53. The van der Waals surface area contributed by atoms with E-state index in [0.29, 0.717) is 12.4 Å². The van der Waals surface area contributed by atoms with E-state index in [0.717, 1.165) is 17.2 Å². The summed E-state index contributed by atoms with van der Waals surface area (Å²) < 4.78 is 32.5. The number of aromatic nitrogens is 2. The van der Waals surface area contributed by atoms with E-state index in [1.54, 1.807) is 6.07 Å². The second kappa shape index (κ2) is 6.17. The summed E-state index contributed by atoms with van der Waals surface area (Å²) in [5.41, 5.74) is 0.0604. The minimum absolute atomic E-state index is 0.179. The highest BCUT2D eigenvalue weighted by Gasteiger charge is 2.21. The van der Waals surface area contributed by atoms with Gasteiger partial charge < -0.3 is 4.74 Å². The standard InChI is InChI=1S/C13H13ClF2N2O2/c1-2-3-6-20-8-4-5-9-10(11(14)19)17-13(12(15)16)18(9)7-8/h4-5,7,12H,2-3,6H2,1H3. The third-order valence-electron chi connectivity index (χ3n) is 2.79. The molecule has 7 heteroatoms. The topological polar surface area (TPSA) is 43.6 Å². The largest absolute Gasteiger partial charge is 0.492 e. The van der Waals surface area contributed by atoms with Gasteiger partial charge in [-0.05, 0) is 30.2 Å². The van der Waals surface area contributed by atoms with Gasteiger partial charge in [0.05, 0.1) is 18.3 Å². The fourth-order valence-corrected chi connectivity index (χ4v) is 1.95. The average Bonchev–Trinajstić information content (AvgIpc) is 2.78. The van der Waals surface area contributed by atoms with E-state index in [-0.39, 0.29) is 11.2 Å². The van der Waals surface area contributed by atoms with Crippen LogP contribution in [0.15, 0.2) is 18.3 Å². The molecular formula is C13H13ClF2N2O2. The lowest BCUT2D eigenvalue weighted by Gasteiger charge is -2.07. The van der Waals surface area contributed by atoms with E-state index in [4.69, 9.17) is 16.3 Å². The quantitative estimate of drug-likeness (QED) is 0.601. The Hall–Kier alpha value is -1.69. The Labute approximate surface area is 119 Å². The van der Waals surface area contributed by atoms with Crippen molar-refractivity contribution < 1.29 is 18.3 Å². The number of fused-ring (bicyclic) bond motifs is 1. The number of hydrogen-bond donors (Lipinski definition) is 0. The molecule has 2 aromatic heterocycles. The lowest BCUT2D eigenvalue weighted by atomic mass is 10.3. The number of pyridine rings is 1. The van der Waals surface area contributed by atoms with Crippen LogP contribution in [0.4, 0.5) is 8.78 Å². The second-order valence-electron chi connectivity index (χ2n) is 4.22. The second-order valence-corrected chi connectivity index (χ2v) is 4.56. The zero-order chi connectivity index (χ0) is 14.7. The van der Waals surface area contributed by atoms with Gasteiger partial charge in [0.2, 0.25) is 0 Å². The number of rotatable bonds is 6. The first-order valence-corrected chi connectivity index (χ1v) is 6.55. The summed E-state index contributed by atoms with van der Waals surface area (Å²) in [6.07, 6.45) is 0.427. The van der Waals surface area contributed by atoms with E-state index in [1.807, 2.05) is 6.92 Å². The van der Waals surface area contributed by atoms with Gasteiger partial charge in [-0.1, -0.05) is 13.3 Å². The van der Waals surface area contributed by atoms with Crippen LogP contribution in [-0.4, -0.2) is 21.2 Å². The summed E-state index contributed by atoms with van der Waals surface area (Å²) >= 11 is 5.35. The van der Waals surface area contributed by atoms with Crippen LogP contribution >= 0.6 is 11.6 Å². The molecule has 0 aromatic carbocycles. The number of carbonyl (C=O) groups is 1. The Morgan fingerprint density at radius 2 is 2.25 bits per heavy atom. The zero-order valence-electron chi connectivity index (χ0n) is 10.8. The van der Waals surface area contributed by atoms with E-state index in [9.17, 15) is 13.6 Å². The minimum Gasteiger partial charge on any atom is -0.492 e. The molecule has 20 heavy (non-hydrogen) atoms. The zero-order valence-corrected chi connectivity index (χ0v) is 11.5. The molecule has 0 aliphatic rings. The first kappa shape index (κ1) is 14.7. The normalized spacial score (nSPS) is 11.2. The molecule has 2 rings (SSSR count). The highest BCUT2D eigenvalue weighted by Crippen LogP contribution is 2.25. The Morgan fingerprint density at radius 1 is 1.50 bits per heavy atom. The number of nitrogens with zero attached hydrogens (tertiary/aromatic N) is 2. The molecular weight excluding hydrogens is 290 g/mol. The molecule has 0 saturated heterocycles. The van der Waals surface area contributed by atoms with Crippen LogP contribution in [0.5, 0.6) is 5.75 Å². The van der Waals surface area contributed by atoms with Gasteiger partial charge in [-0.2, -0.15) is 0 Å². The van der Waals surface area contributed by atoms with Crippen LogP contribution in [0.2, 0.25) is 0 Å². The Kier molecular flexibility index (Phi) is 4.54. The fraction of sp³-hybridized carbons (Fsp3) is 0.385. The Bertz CT molecular complexity index is 628. The van der Waals surface area contributed by atoms with Crippen molar-refractivity contribution >= 4 is 22.4 Å². The third-order valence-corrected chi connectivity index (χ3v) is 2.96. The van der Waals surface area contributed by atoms with Gasteiger partial charge in [0.1, 0.15) is 11.4 Å². The molecule has 0 amide bonds. The summed E-state index contributed by atoms with van der Waals surface area (Å²) in [4.78, 5) is 14.8. The van der Waals surface area contributed by atoms with Gasteiger partial charge in [-0.25, -0.2) is 13.8 Å². The monoisotopic (exact) mass is 302 g/mol. The van der Waals surface area contributed by atoms with Gasteiger partial charge in [0.25, 0.3) is 11.7 Å². The molecule has 4 nitrogen and oxygen atoms in total. The molecule has 0 aliphatic heterocycles. The van der Waals surface area contributed by atoms with Crippen molar-refractivity contribution in [1.29, 1.82) is 0 Å². The Morgan fingerprint density at radius 3 is 2.85 bits per heavy atom. The minimum atomic E-state index is -2.81.